The molecule has 198 valence electrons. The predicted octanol–water partition coefficient (Wildman–Crippen LogP) is 0.0902. The number of unbranched alkanes of at least 4 members (excludes halogenated alkanes) is 1. The van der Waals surface area contributed by atoms with Crippen LogP contribution in [0.1, 0.15) is 31.2 Å². The molecule has 3 atom stereocenters. The van der Waals surface area contributed by atoms with Crippen LogP contribution in [0, 0.1) is 0 Å². The molecule has 0 saturated carbocycles. The summed E-state index contributed by atoms with van der Waals surface area (Å²) < 4.78 is 0. The first-order valence-corrected chi connectivity index (χ1v) is 13.3. The summed E-state index contributed by atoms with van der Waals surface area (Å²) >= 11 is 1.49. The van der Waals surface area contributed by atoms with Gasteiger partial charge < -0.3 is 37.5 Å². The molecule has 9 N–H and O–H groups in total. The van der Waals surface area contributed by atoms with Gasteiger partial charge in [0.15, 0.2) is 0 Å². The van der Waals surface area contributed by atoms with Gasteiger partial charge >= 0.3 is 5.97 Å². The van der Waals surface area contributed by atoms with Crippen LogP contribution in [0.3, 0.4) is 0 Å². The van der Waals surface area contributed by atoms with E-state index in [4.69, 9.17) is 16.6 Å². The van der Waals surface area contributed by atoms with Crippen molar-refractivity contribution in [3.8, 4) is 0 Å². The number of aromatic amines is 1. The van der Waals surface area contributed by atoms with Crippen LogP contribution in [0.15, 0.2) is 30.5 Å². The van der Waals surface area contributed by atoms with E-state index in [9.17, 15) is 19.2 Å². The number of carboxylic acid groups (broad SMARTS) is 1. The molecule has 0 bridgehead atoms. The molecular formula is C24H36N6O5S. The zero-order valence-corrected chi connectivity index (χ0v) is 21.2. The SMILES string of the molecule is CSCCC(NC(=O)C(CCCCN)NC(=O)C(N)Cc1c[nH]c2ccccc12)C(=O)NCC(=O)O. The molecule has 0 saturated heterocycles. The second kappa shape index (κ2) is 15.1. The van der Waals surface area contributed by atoms with Gasteiger partial charge in [-0.1, -0.05) is 18.2 Å². The molecule has 3 unspecified atom stereocenters. The second-order valence-electron chi connectivity index (χ2n) is 8.47. The molecule has 0 aliphatic carbocycles. The number of aliphatic carboxylic acids is 1. The van der Waals surface area contributed by atoms with Gasteiger partial charge in [-0.3, -0.25) is 19.2 Å². The minimum Gasteiger partial charge on any atom is -0.480 e. The molecule has 0 fully saturated rings. The van der Waals surface area contributed by atoms with Crippen molar-refractivity contribution in [2.45, 2.75) is 50.2 Å². The van der Waals surface area contributed by atoms with Crippen LogP contribution < -0.4 is 27.4 Å². The summed E-state index contributed by atoms with van der Waals surface area (Å²) in [6.07, 6.45) is 5.83. The zero-order valence-electron chi connectivity index (χ0n) is 20.4. The first-order chi connectivity index (χ1) is 17.3. The van der Waals surface area contributed by atoms with E-state index in [2.05, 4.69) is 20.9 Å². The Morgan fingerprint density at radius 2 is 1.72 bits per heavy atom. The number of para-hydroxylation sites is 1. The van der Waals surface area contributed by atoms with Crippen molar-refractivity contribution < 1.29 is 24.3 Å². The van der Waals surface area contributed by atoms with Gasteiger partial charge in [0.25, 0.3) is 0 Å². The molecule has 36 heavy (non-hydrogen) atoms. The van der Waals surface area contributed by atoms with Crippen LogP contribution in [0.5, 0.6) is 0 Å². The highest BCUT2D eigenvalue weighted by molar-refractivity contribution is 7.98. The number of amides is 3. The average Bonchev–Trinajstić information content (AvgIpc) is 3.26. The molecule has 0 radical (unpaired) electrons. The van der Waals surface area contributed by atoms with Gasteiger partial charge in [-0.25, -0.2) is 0 Å². The van der Waals surface area contributed by atoms with Crippen molar-refractivity contribution in [1.82, 2.24) is 20.9 Å². The summed E-state index contributed by atoms with van der Waals surface area (Å²) in [6.45, 7) is -0.111. The molecule has 1 heterocycles. The van der Waals surface area contributed by atoms with Crippen molar-refractivity contribution in [2.24, 2.45) is 11.5 Å². The van der Waals surface area contributed by atoms with Crippen LogP contribution in [-0.2, 0) is 25.6 Å². The molecule has 2 aromatic rings. The van der Waals surface area contributed by atoms with Crippen molar-refractivity contribution in [3.05, 3.63) is 36.0 Å². The van der Waals surface area contributed by atoms with Gasteiger partial charge in [0.1, 0.15) is 18.6 Å². The number of thioether (sulfide) groups is 1. The quantitative estimate of drug-likeness (QED) is 0.151. The van der Waals surface area contributed by atoms with Gasteiger partial charge in [0.2, 0.25) is 17.7 Å². The van der Waals surface area contributed by atoms with Gasteiger partial charge in [0, 0.05) is 17.1 Å². The van der Waals surface area contributed by atoms with E-state index in [-0.39, 0.29) is 6.42 Å². The number of carbonyl (C=O) groups excluding carboxylic acids is 3. The molecule has 2 rings (SSSR count). The number of carbonyl (C=O) groups is 4. The number of hydrogen-bond acceptors (Lipinski definition) is 7. The summed E-state index contributed by atoms with van der Waals surface area (Å²) in [5.74, 6) is -2.22. The zero-order chi connectivity index (χ0) is 26.5. The Labute approximate surface area is 214 Å². The monoisotopic (exact) mass is 520 g/mol. The minimum atomic E-state index is -1.19. The summed E-state index contributed by atoms with van der Waals surface area (Å²) in [5, 5.41) is 17.5. The fourth-order valence-corrected chi connectivity index (χ4v) is 4.20. The van der Waals surface area contributed by atoms with E-state index in [1.54, 1.807) is 0 Å². The fourth-order valence-electron chi connectivity index (χ4n) is 3.73. The maximum atomic E-state index is 13.1. The minimum absolute atomic E-state index is 0.279. The lowest BCUT2D eigenvalue weighted by Gasteiger charge is -2.24. The first-order valence-electron chi connectivity index (χ1n) is 11.9. The average molecular weight is 521 g/mol. The third-order valence-corrected chi connectivity index (χ3v) is 6.33. The predicted molar refractivity (Wildman–Crippen MR) is 140 cm³/mol. The molecular weight excluding hydrogens is 484 g/mol. The number of benzene rings is 1. The Bertz CT molecular complexity index is 1030. The molecule has 12 heteroatoms. The Morgan fingerprint density at radius 1 is 1.03 bits per heavy atom. The van der Waals surface area contributed by atoms with Gasteiger partial charge in [0.05, 0.1) is 6.04 Å². The Kier molecular flexibility index (Phi) is 12.2. The topological polar surface area (TPSA) is 192 Å². The maximum Gasteiger partial charge on any atom is 0.322 e. The van der Waals surface area contributed by atoms with Crippen molar-refractivity contribution in [2.75, 3.05) is 25.1 Å². The van der Waals surface area contributed by atoms with E-state index in [1.165, 1.54) is 11.8 Å². The molecule has 3 amide bonds. The number of hydrogen-bond donors (Lipinski definition) is 7. The number of nitrogens with two attached hydrogens (primary N) is 2. The lowest BCUT2D eigenvalue weighted by molar-refractivity contribution is -0.138. The summed E-state index contributed by atoms with van der Waals surface area (Å²) in [6, 6.07) is 4.96. The van der Waals surface area contributed by atoms with Crippen LogP contribution in [-0.4, -0.2) is 77.0 Å². The number of aromatic nitrogens is 1. The molecule has 0 aliphatic rings. The van der Waals surface area contributed by atoms with Crippen molar-refractivity contribution in [3.63, 3.8) is 0 Å². The molecule has 0 aliphatic heterocycles. The normalized spacial score (nSPS) is 13.5. The van der Waals surface area contributed by atoms with Gasteiger partial charge in [-0.15, -0.1) is 0 Å². The Hall–Kier alpha value is -3.09. The third-order valence-electron chi connectivity index (χ3n) is 5.69. The van der Waals surface area contributed by atoms with Crippen LogP contribution in [0.25, 0.3) is 10.9 Å². The van der Waals surface area contributed by atoms with E-state index < -0.39 is 48.4 Å². The van der Waals surface area contributed by atoms with Crippen LogP contribution in [0.2, 0.25) is 0 Å². The molecule has 1 aromatic carbocycles. The smallest absolute Gasteiger partial charge is 0.322 e. The number of H-pyrrole nitrogens is 1. The number of fused-ring (bicyclic) bond motifs is 1. The van der Waals surface area contributed by atoms with E-state index in [0.717, 1.165) is 16.5 Å². The van der Waals surface area contributed by atoms with E-state index in [1.807, 2.05) is 36.7 Å². The second-order valence-corrected chi connectivity index (χ2v) is 9.46. The standard InChI is InChI=1S/C24H36N6O5S/c1-36-11-9-20(23(34)28-14-21(31)32)30-24(35)19(8-4-5-10-25)29-22(33)17(26)12-15-13-27-18-7-3-2-6-16(15)18/h2-3,6-7,13,17,19-20,27H,4-5,8-12,14,25-26H2,1H3,(H,28,34)(H,29,33)(H,30,35)(H,31,32). The van der Waals surface area contributed by atoms with E-state index >= 15 is 0 Å². The molecule has 0 spiro atoms. The number of nitrogens with one attached hydrogen (secondary N) is 4. The Balaban J connectivity index is 2.07. The third kappa shape index (κ3) is 9.17. The fraction of sp³-hybridized carbons (Fsp3) is 0.500. The number of carboxylic acids is 1. The Morgan fingerprint density at radius 3 is 2.42 bits per heavy atom. The highest BCUT2D eigenvalue weighted by Crippen LogP contribution is 2.19. The molecule has 11 nitrogen and oxygen atoms in total. The highest BCUT2D eigenvalue weighted by atomic mass is 32.2. The highest BCUT2D eigenvalue weighted by Gasteiger charge is 2.28. The first kappa shape index (κ1) is 29.1. The molecule has 1 aromatic heterocycles. The lowest BCUT2D eigenvalue weighted by atomic mass is 10.0. The van der Waals surface area contributed by atoms with Crippen molar-refractivity contribution in [1.29, 1.82) is 0 Å². The summed E-state index contributed by atoms with van der Waals surface area (Å²) in [4.78, 5) is 52.4. The lowest BCUT2D eigenvalue weighted by Crippen LogP contribution is -2.56. The van der Waals surface area contributed by atoms with Crippen LogP contribution >= 0.6 is 11.8 Å². The largest absolute Gasteiger partial charge is 0.480 e. The van der Waals surface area contributed by atoms with Crippen LogP contribution in [0.4, 0.5) is 0 Å². The summed E-state index contributed by atoms with van der Waals surface area (Å²) in [5.41, 5.74) is 13.6. The maximum absolute atomic E-state index is 13.1. The van der Waals surface area contributed by atoms with E-state index in [0.29, 0.717) is 38.0 Å². The van der Waals surface area contributed by atoms with Crippen molar-refractivity contribution >= 4 is 46.4 Å². The van der Waals surface area contributed by atoms with Gasteiger partial charge in [-0.05, 0) is 62.3 Å². The van der Waals surface area contributed by atoms with Gasteiger partial charge in [-0.2, -0.15) is 11.8 Å². The number of rotatable bonds is 16. The summed E-state index contributed by atoms with van der Waals surface area (Å²) in [7, 11) is 0.